The van der Waals surface area contributed by atoms with E-state index in [0.29, 0.717) is 12.5 Å². The number of fused-ring (bicyclic) bond motifs is 1. The standard InChI is InChI=1S/C12H19N3O4/c1-6(10(16)14-12(13)19)15-5-7-3-2-4-8(7)9(15)11(17)18/h6-9H,2-5H2,1H3,(H,17,18)(H3,13,14,16,19). The van der Waals surface area contributed by atoms with Crippen LogP contribution in [-0.2, 0) is 9.59 Å². The van der Waals surface area contributed by atoms with Gasteiger partial charge in [-0.2, -0.15) is 0 Å². The number of hydrogen-bond donors (Lipinski definition) is 3. The van der Waals surface area contributed by atoms with Gasteiger partial charge < -0.3 is 10.8 Å². The predicted octanol–water partition coefficient (Wildman–Crippen LogP) is -0.245. The Hall–Kier alpha value is -1.63. The fraction of sp³-hybridized carbons (Fsp3) is 0.750. The molecule has 1 aliphatic carbocycles. The summed E-state index contributed by atoms with van der Waals surface area (Å²) < 4.78 is 0. The highest BCUT2D eigenvalue weighted by Gasteiger charge is 2.50. The summed E-state index contributed by atoms with van der Waals surface area (Å²) >= 11 is 0. The highest BCUT2D eigenvalue weighted by atomic mass is 16.4. The van der Waals surface area contributed by atoms with E-state index in [2.05, 4.69) is 0 Å². The van der Waals surface area contributed by atoms with Crippen LogP contribution in [0.25, 0.3) is 0 Å². The molecule has 7 heteroatoms. The molecule has 19 heavy (non-hydrogen) atoms. The summed E-state index contributed by atoms with van der Waals surface area (Å²) in [6.07, 6.45) is 2.95. The number of aliphatic carboxylic acids is 1. The lowest BCUT2D eigenvalue weighted by atomic mass is 9.94. The van der Waals surface area contributed by atoms with E-state index >= 15 is 0 Å². The van der Waals surface area contributed by atoms with Crippen molar-refractivity contribution in [1.29, 1.82) is 0 Å². The van der Waals surface area contributed by atoms with Gasteiger partial charge in [0.15, 0.2) is 0 Å². The van der Waals surface area contributed by atoms with Gasteiger partial charge in [0.2, 0.25) is 5.91 Å². The molecule has 0 radical (unpaired) electrons. The van der Waals surface area contributed by atoms with Crippen molar-refractivity contribution >= 4 is 17.9 Å². The van der Waals surface area contributed by atoms with Crippen LogP contribution >= 0.6 is 0 Å². The lowest BCUT2D eigenvalue weighted by molar-refractivity contribution is -0.145. The summed E-state index contributed by atoms with van der Waals surface area (Å²) in [7, 11) is 0. The van der Waals surface area contributed by atoms with Crippen molar-refractivity contribution < 1.29 is 19.5 Å². The number of nitrogens with zero attached hydrogens (tertiary/aromatic N) is 1. The fourth-order valence-corrected chi connectivity index (χ4v) is 3.44. The molecule has 1 saturated heterocycles. The number of rotatable bonds is 3. The minimum atomic E-state index is -0.914. The van der Waals surface area contributed by atoms with Gasteiger partial charge in [-0.15, -0.1) is 0 Å². The maximum atomic E-state index is 11.8. The molecule has 4 atom stereocenters. The van der Waals surface area contributed by atoms with Crippen molar-refractivity contribution in [3.63, 3.8) is 0 Å². The number of amides is 3. The second-order valence-corrected chi connectivity index (χ2v) is 5.36. The van der Waals surface area contributed by atoms with Crippen molar-refractivity contribution in [2.24, 2.45) is 17.6 Å². The van der Waals surface area contributed by atoms with Gasteiger partial charge >= 0.3 is 12.0 Å². The summed E-state index contributed by atoms with van der Waals surface area (Å²) in [5.41, 5.74) is 4.91. The molecule has 1 aliphatic heterocycles. The summed E-state index contributed by atoms with van der Waals surface area (Å²) in [4.78, 5) is 35.6. The van der Waals surface area contributed by atoms with Gasteiger partial charge in [-0.25, -0.2) is 4.79 Å². The fourth-order valence-electron chi connectivity index (χ4n) is 3.44. The zero-order valence-corrected chi connectivity index (χ0v) is 10.8. The summed E-state index contributed by atoms with van der Waals surface area (Å²) in [5, 5.41) is 11.4. The lowest BCUT2D eigenvalue weighted by Gasteiger charge is -2.28. The Labute approximate surface area is 111 Å². The Morgan fingerprint density at radius 3 is 2.63 bits per heavy atom. The Morgan fingerprint density at radius 2 is 2.05 bits per heavy atom. The highest BCUT2D eigenvalue weighted by Crippen LogP contribution is 2.42. The molecule has 4 unspecified atom stereocenters. The monoisotopic (exact) mass is 269 g/mol. The van der Waals surface area contributed by atoms with Gasteiger partial charge in [0.05, 0.1) is 6.04 Å². The van der Waals surface area contributed by atoms with E-state index in [4.69, 9.17) is 5.73 Å². The molecular weight excluding hydrogens is 250 g/mol. The zero-order chi connectivity index (χ0) is 14.2. The van der Waals surface area contributed by atoms with Crippen molar-refractivity contribution in [3.05, 3.63) is 0 Å². The van der Waals surface area contributed by atoms with E-state index in [-0.39, 0.29) is 5.92 Å². The van der Waals surface area contributed by atoms with Gasteiger partial charge in [-0.3, -0.25) is 19.8 Å². The Bertz CT molecular complexity index is 412. The summed E-state index contributed by atoms with van der Waals surface area (Å²) in [5.74, 6) is -0.988. The molecule has 0 aromatic heterocycles. The Morgan fingerprint density at radius 1 is 1.37 bits per heavy atom. The number of nitrogens with one attached hydrogen (secondary N) is 1. The molecule has 7 nitrogen and oxygen atoms in total. The van der Waals surface area contributed by atoms with Crippen LogP contribution in [0, 0.1) is 11.8 Å². The molecule has 0 spiro atoms. The number of primary amides is 1. The molecule has 3 amide bonds. The van der Waals surface area contributed by atoms with Crippen molar-refractivity contribution in [3.8, 4) is 0 Å². The average molecular weight is 269 g/mol. The number of carboxylic acids is 1. The number of carbonyl (C=O) groups is 3. The molecule has 1 heterocycles. The third kappa shape index (κ3) is 2.56. The number of carbonyl (C=O) groups excluding carboxylic acids is 2. The lowest BCUT2D eigenvalue weighted by Crippen LogP contribution is -2.52. The normalized spacial score (nSPS) is 31.7. The number of carboxylic acid groups (broad SMARTS) is 1. The first-order valence-electron chi connectivity index (χ1n) is 6.50. The van der Waals surface area contributed by atoms with Crippen LogP contribution in [0.1, 0.15) is 26.2 Å². The third-order valence-electron chi connectivity index (χ3n) is 4.30. The number of urea groups is 1. The van der Waals surface area contributed by atoms with E-state index in [0.717, 1.165) is 19.3 Å². The third-order valence-corrected chi connectivity index (χ3v) is 4.30. The van der Waals surface area contributed by atoms with Gasteiger partial charge in [0.1, 0.15) is 6.04 Å². The smallest absolute Gasteiger partial charge is 0.321 e. The van der Waals surface area contributed by atoms with Gasteiger partial charge in [-0.1, -0.05) is 6.42 Å². The molecule has 4 N–H and O–H groups in total. The summed E-state index contributed by atoms with van der Waals surface area (Å²) in [6.45, 7) is 2.20. The maximum Gasteiger partial charge on any atom is 0.321 e. The van der Waals surface area contributed by atoms with Crippen LogP contribution in [0.4, 0.5) is 4.79 Å². The molecule has 0 bridgehead atoms. The van der Waals surface area contributed by atoms with Crippen molar-refractivity contribution in [2.45, 2.75) is 38.3 Å². The number of hydrogen-bond acceptors (Lipinski definition) is 4. The van der Waals surface area contributed by atoms with Crippen molar-refractivity contribution in [2.75, 3.05) is 6.54 Å². The molecule has 2 fully saturated rings. The Kier molecular flexibility index (Phi) is 3.75. The Balaban J connectivity index is 2.12. The predicted molar refractivity (Wildman–Crippen MR) is 66.1 cm³/mol. The first-order valence-corrected chi connectivity index (χ1v) is 6.50. The van der Waals surface area contributed by atoms with E-state index in [1.165, 1.54) is 0 Å². The molecule has 2 rings (SSSR count). The van der Waals surface area contributed by atoms with E-state index in [9.17, 15) is 19.5 Å². The quantitative estimate of drug-likeness (QED) is 0.654. The van der Waals surface area contributed by atoms with Crippen molar-refractivity contribution in [1.82, 2.24) is 10.2 Å². The van der Waals surface area contributed by atoms with Crippen LogP contribution < -0.4 is 11.1 Å². The number of imide groups is 1. The number of nitrogens with two attached hydrogens (primary N) is 1. The molecule has 0 aromatic rings. The first-order chi connectivity index (χ1) is 8.91. The van der Waals surface area contributed by atoms with E-state index < -0.39 is 30.0 Å². The second kappa shape index (κ2) is 5.16. The molecule has 106 valence electrons. The van der Waals surface area contributed by atoms with Crippen LogP contribution in [0.3, 0.4) is 0 Å². The minimum absolute atomic E-state index is 0.112. The van der Waals surface area contributed by atoms with Crippen LogP contribution in [-0.4, -0.2) is 46.5 Å². The van der Waals surface area contributed by atoms with Gasteiger partial charge in [0, 0.05) is 6.54 Å². The second-order valence-electron chi connectivity index (χ2n) is 5.36. The topological polar surface area (TPSA) is 113 Å². The highest BCUT2D eigenvalue weighted by molar-refractivity contribution is 5.96. The molecule has 2 aliphatic rings. The van der Waals surface area contributed by atoms with Gasteiger partial charge in [-0.05, 0) is 31.6 Å². The van der Waals surface area contributed by atoms with Crippen LogP contribution in [0.15, 0.2) is 0 Å². The zero-order valence-electron chi connectivity index (χ0n) is 10.8. The largest absolute Gasteiger partial charge is 0.480 e. The molecule has 1 saturated carbocycles. The van der Waals surface area contributed by atoms with E-state index in [1.54, 1.807) is 11.8 Å². The minimum Gasteiger partial charge on any atom is -0.480 e. The number of likely N-dealkylation sites (tertiary alicyclic amines) is 1. The van der Waals surface area contributed by atoms with Crippen LogP contribution in [0.2, 0.25) is 0 Å². The first kappa shape index (κ1) is 13.8. The maximum absolute atomic E-state index is 11.8. The average Bonchev–Trinajstić information content (AvgIpc) is 2.84. The van der Waals surface area contributed by atoms with Gasteiger partial charge in [0.25, 0.3) is 0 Å². The molecule has 0 aromatic carbocycles. The van der Waals surface area contributed by atoms with Crippen LogP contribution in [0.5, 0.6) is 0 Å². The van der Waals surface area contributed by atoms with E-state index in [1.807, 2.05) is 5.32 Å². The summed E-state index contributed by atoms with van der Waals surface area (Å²) in [6, 6.07) is -2.22. The molecular formula is C12H19N3O4. The SMILES string of the molecule is CC(C(=O)NC(N)=O)N1CC2CCCC2C1C(=O)O.